The molecule has 1 fully saturated rings. The van der Waals surface area contributed by atoms with E-state index < -0.39 is 0 Å². The zero-order valence-corrected chi connectivity index (χ0v) is 15.2. The van der Waals surface area contributed by atoms with Crippen molar-refractivity contribution < 1.29 is 14.2 Å². The van der Waals surface area contributed by atoms with E-state index >= 15 is 0 Å². The molecule has 6 heteroatoms. The highest BCUT2D eigenvalue weighted by Gasteiger charge is 2.23. The molecule has 3 aromatic rings. The smallest absolute Gasteiger partial charge is 0.326 e. The summed E-state index contributed by atoms with van der Waals surface area (Å²) in [5.74, 6) is 2.39. The van der Waals surface area contributed by atoms with Gasteiger partial charge in [0.25, 0.3) is 0 Å². The summed E-state index contributed by atoms with van der Waals surface area (Å²) >= 11 is 0. The highest BCUT2D eigenvalue weighted by molar-refractivity contribution is 5.83. The summed E-state index contributed by atoms with van der Waals surface area (Å²) in [5.41, 5.74) is 3.65. The lowest BCUT2D eigenvalue weighted by molar-refractivity contribution is 0.324. The molecule has 1 heterocycles. The van der Waals surface area contributed by atoms with Crippen molar-refractivity contribution >= 4 is 11.0 Å². The van der Waals surface area contributed by atoms with Gasteiger partial charge in [-0.05, 0) is 54.2 Å². The molecule has 1 aromatic heterocycles. The molecular formula is C20H22N2O4. The normalized spacial score (nSPS) is 13.8. The fraction of sp³-hybridized carbons (Fsp3) is 0.350. The fourth-order valence-electron chi connectivity index (χ4n) is 3.32. The van der Waals surface area contributed by atoms with Gasteiger partial charge in [0.1, 0.15) is 0 Å². The molecule has 0 saturated heterocycles. The number of aromatic amines is 1. The van der Waals surface area contributed by atoms with Crippen molar-refractivity contribution in [3.05, 3.63) is 40.8 Å². The molecule has 0 atom stereocenters. The van der Waals surface area contributed by atoms with Gasteiger partial charge in [-0.2, -0.15) is 0 Å². The third-order valence-electron chi connectivity index (χ3n) is 4.91. The Hall–Kier alpha value is -2.89. The Morgan fingerprint density at radius 3 is 2.27 bits per heavy atom. The maximum atomic E-state index is 12.3. The average molecular weight is 354 g/mol. The molecule has 4 rings (SSSR count). The van der Waals surface area contributed by atoms with Crippen molar-refractivity contribution in [2.75, 3.05) is 21.3 Å². The number of rotatable bonds is 6. The van der Waals surface area contributed by atoms with E-state index in [4.69, 9.17) is 14.2 Å². The van der Waals surface area contributed by atoms with E-state index in [1.165, 1.54) is 12.8 Å². The predicted octanol–water partition coefficient (Wildman–Crippen LogP) is 3.43. The number of hydrogen-bond donors (Lipinski definition) is 1. The topological polar surface area (TPSA) is 65.5 Å². The highest BCUT2D eigenvalue weighted by Crippen LogP contribution is 2.41. The van der Waals surface area contributed by atoms with Crippen LogP contribution in [0.1, 0.15) is 12.8 Å². The molecule has 1 aliphatic rings. The van der Waals surface area contributed by atoms with E-state index in [0.717, 1.165) is 28.7 Å². The molecule has 0 aliphatic heterocycles. The summed E-state index contributed by atoms with van der Waals surface area (Å²) in [6.45, 7) is 0.775. The van der Waals surface area contributed by atoms with Crippen LogP contribution >= 0.6 is 0 Å². The Bertz CT molecular complexity index is 989. The first-order valence-electron chi connectivity index (χ1n) is 8.67. The van der Waals surface area contributed by atoms with Crippen LogP contribution in [0.3, 0.4) is 0 Å². The monoisotopic (exact) mass is 354 g/mol. The van der Waals surface area contributed by atoms with Gasteiger partial charge in [-0.3, -0.25) is 4.57 Å². The molecular weight excluding hydrogens is 332 g/mol. The first-order valence-corrected chi connectivity index (χ1v) is 8.67. The van der Waals surface area contributed by atoms with Crippen molar-refractivity contribution in [3.8, 4) is 28.4 Å². The van der Waals surface area contributed by atoms with Gasteiger partial charge in [0.2, 0.25) is 5.75 Å². The van der Waals surface area contributed by atoms with Crippen molar-refractivity contribution in [1.29, 1.82) is 0 Å². The molecule has 1 N–H and O–H groups in total. The molecule has 1 saturated carbocycles. The van der Waals surface area contributed by atoms with Crippen LogP contribution in [0.2, 0.25) is 0 Å². The molecule has 0 spiro atoms. The van der Waals surface area contributed by atoms with E-state index in [1.807, 2.05) is 34.9 Å². The van der Waals surface area contributed by atoms with Crippen LogP contribution in [0.25, 0.3) is 22.2 Å². The minimum Gasteiger partial charge on any atom is -0.493 e. The van der Waals surface area contributed by atoms with E-state index in [2.05, 4.69) is 4.98 Å². The maximum Gasteiger partial charge on any atom is 0.326 e. The fourth-order valence-corrected chi connectivity index (χ4v) is 3.32. The second kappa shape index (κ2) is 6.44. The molecule has 0 radical (unpaired) electrons. The SMILES string of the molecule is COc1cc(-c2ccc3[nH]c(=O)n(CC4CC4)c3c2)cc(OC)c1OC. The van der Waals surface area contributed by atoms with Gasteiger partial charge in [0.15, 0.2) is 11.5 Å². The second-order valence-corrected chi connectivity index (χ2v) is 6.63. The number of benzene rings is 2. The number of nitrogens with zero attached hydrogens (tertiary/aromatic N) is 1. The summed E-state index contributed by atoms with van der Waals surface area (Å²) in [7, 11) is 4.79. The highest BCUT2D eigenvalue weighted by atomic mass is 16.5. The molecule has 1 aliphatic carbocycles. The lowest BCUT2D eigenvalue weighted by Crippen LogP contribution is -2.17. The van der Waals surface area contributed by atoms with Crippen molar-refractivity contribution in [2.24, 2.45) is 5.92 Å². The molecule has 0 unspecified atom stereocenters. The number of imidazole rings is 1. The first-order chi connectivity index (χ1) is 12.6. The third-order valence-corrected chi connectivity index (χ3v) is 4.91. The number of ether oxygens (including phenoxy) is 3. The zero-order chi connectivity index (χ0) is 18.3. The minimum absolute atomic E-state index is 0.0473. The van der Waals surface area contributed by atoms with Gasteiger partial charge in [0.05, 0.1) is 32.4 Å². The third kappa shape index (κ3) is 2.81. The van der Waals surface area contributed by atoms with Crippen LogP contribution in [0.5, 0.6) is 17.2 Å². The van der Waals surface area contributed by atoms with E-state index in [1.54, 1.807) is 21.3 Å². The quantitative estimate of drug-likeness (QED) is 0.736. The first kappa shape index (κ1) is 16.6. The molecule has 0 amide bonds. The van der Waals surface area contributed by atoms with Crippen LogP contribution in [0, 0.1) is 5.92 Å². The zero-order valence-electron chi connectivity index (χ0n) is 15.2. The van der Waals surface area contributed by atoms with E-state index in [-0.39, 0.29) is 5.69 Å². The maximum absolute atomic E-state index is 12.3. The Morgan fingerprint density at radius 2 is 1.69 bits per heavy atom. The Balaban J connectivity index is 1.84. The largest absolute Gasteiger partial charge is 0.493 e. The van der Waals surface area contributed by atoms with Crippen molar-refractivity contribution in [3.63, 3.8) is 0 Å². The summed E-state index contributed by atoms with van der Waals surface area (Å²) in [5, 5.41) is 0. The molecule has 136 valence electrons. The van der Waals surface area contributed by atoms with Crippen LogP contribution in [0.4, 0.5) is 0 Å². The van der Waals surface area contributed by atoms with Gasteiger partial charge in [0, 0.05) is 6.54 Å². The van der Waals surface area contributed by atoms with Crippen LogP contribution in [-0.2, 0) is 6.54 Å². The standard InChI is InChI=1S/C20H22N2O4/c1-24-17-9-14(10-18(25-2)19(17)26-3)13-6-7-15-16(8-13)22(20(23)21-15)11-12-4-5-12/h6-10,12H,4-5,11H2,1-3H3,(H,21,23). The Morgan fingerprint density at radius 1 is 1.00 bits per heavy atom. The van der Waals surface area contributed by atoms with Crippen LogP contribution < -0.4 is 19.9 Å². The van der Waals surface area contributed by atoms with Crippen molar-refractivity contribution in [1.82, 2.24) is 9.55 Å². The van der Waals surface area contributed by atoms with Gasteiger partial charge >= 0.3 is 5.69 Å². The summed E-state index contributed by atoms with van der Waals surface area (Å²) in [6.07, 6.45) is 2.40. The minimum atomic E-state index is -0.0473. The molecule has 0 bridgehead atoms. The Labute approximate surface area is 151 Å². The molecule has 6 nitrogen and oxygen atoms in total. The van der Waals surface area contributed by atoms with E-state index in [9.17, 15) is 4.79 Å². The van der Waals surface area contributed by atoms with Gasteiger partial charge in [-0.15, -0.1) is 0 Å². The summed E-state index contributed by atoms with van der Waals surface area (Å²) in [6, 6.07) is 9.80. The lowest BCUT2D eigenvalue weighted by atomic mass is 10.0. The number of nitrogens with one attached hydrogen (secondary N) is 1. The van der Waals surface area contributed by atoms with Gasteiger partial charge < -0.3 is 19.2 Å². The number of H-pyrrole nitrogens is 1. The lowest BCUT2D eigenvalue weighted by Gasteiger charge is -2.14. The number of aromatic nitrogens is 2. The van der Waals surface area contributed by atoms with Crippen LogP contribution in [-0.4, -0.2) is 30.9 Å². The number of fused-ring (bicyclic) bond motifs is 1. The summed E-state index contributed by atoms with van der Waals surface area (Å²) < 4.78 is 18.1. The van der Waals surface area contributed by atoms with E-state index in [0.29, 0.717) is 23.2 Å². The summed E-state index contributed by atoms with van der Waals surface area (Å²) in [4.78, 5) is 15.2. The molecule has 2 aromatic carbocycles. The average Bonchev–Trinajstić information content (AvgIpc) is 3.43. The number of methoxy groups -OCH3 is 3. The number of hydrogen-bond acceptors (Lipinski definition) is 4. The van der Waals surface area contributed by atoms with Crippen LogP contribution in [0.15, 0.2) is 35.1 Å². The predicted molar refractivity (Wildman–Crippen MR) is 100 cm³/mol. The Kier molecular flexibility index (Phi) is 4.11. The molecule has 26 heavy (non-hydrogen) atoms. The van der Waals surface area contributed by atoms with Gasteiger partial charge in [-0.1, -0.05) is 6.07 Å². The van der Waals surface area contributed by atoms with Crippen molar-refractivity contribution in [2.45, 2.75) is 19.4 Å². The second-order valence-electron chi connectivity index (χ2n) is 6.63. The van der Waals surface area contributed by atoms with Gasteiger partial charge in [-0.25, -0.2) is 4.79 Å².